The largest absolute Gasteiger partial charge is 0.411 e. The van der Waals surface area contributed by atoms with Gasteiger partial charge in [-0.15, -0.1) is 0 Å². The summed E-state index contributed by atoms with van der Waals surface area (Å²) in [6, 6.07) is 0. The Morgan fingerprint density at radius 1 is 1.33 bits per heavy atom. The summed E-state index contributed by atoms with van der Waals surface area (Å²) in [5.41, 5.74) is 2.20. The van der Waals surface area contributed by atoms with E-state index < -0.39 is 0 Å². The van der Waals surface area contributed by atoms with Crippen molar-refractivity contribution in [1.29, 1.82) is 0 Å². The smallest absolute Gasteiger partial charge is 0.153 e. The van der Waals surface area contributed by atoms with Gasteiger partial charge in [-0.25, -0.2) is 0 Å². The highest BCUT2D eigenvalue weighted by Gasteiger charge is 2.10. The van der Waals surface area contributed by atoms with E-state index >= 15 is 0 Å². The maximum Gasteiger partial charge on any atom is 0.153 e. The van der Waals surface area contributed by atoms with Crippen LogP contribution in [0.3, 0.4) is 0 Å². The molecule has 2 N–H and O–H groups in total. The van der Waals surface area contributed by atoms with E-state index in [1.807, 2.05) is 26.0 Å². The van der Waals surface area contributed by atoms with Gasteiger partial charge in [0, 0.05) is 5.57 Å². The zero-order valence-corrected chi connectivity index (χ0v) is 10.1. The van der Waals surface area contributed by atoms with Crippen LogP contribution in [0.4, 0.5) is 0 Å². The van der Waals surface area contributed by atoms with E-state index in [1.54, 1.807) is 6.08 Å². The number of hydrogen-bond donors (Lipinski definition) is 1. The standard InChI is InChI=1S/C13H21NO/c1-6-9-12(13(8-3)15-14)11(7-2)10(4)5/h6-10H,3,14H2,1-2,4-5H3/b9-6-,11-7-,13-12-. The van der Waals surface area contributed by atoms with E-state index in [4.69, 9.17) is 10.7 Å². The lowest BCUT2D eigenvalue weighted by atomic mass is 9.93. The van der Waals surface area contributed by atoms with Crippen molar-refractivity contribution in [1.82, 2.24) is 0 Å². The van der Waals surface area contributed by atoms with Gasteiger partial charge in [0.15, 0.2) is 5.76 Å². The molecule has 0 atom stereocenters. The predicted octanol–water partition coefficient (Wildman–Crippen LogP) is 3.50. The normalized spacial score (nSPS) is 14.4. The van der Waals surface area contributed by atoms with Crippen molar-refractivity contribution in [2.24, 2.45) is 11.8 Å². The minimum absolute atomic E-state index is 0.422. The zero-order valence-electron chi connectivity index (χ0n) is 10.1. The highest BCUT2D eigenvalue weighted by atomic mass is 16.6. The third kappa shape index (κ3) is 3.76. The van der Waals surface area contributed by atoms with Crippen LogP contribution in [0, 0.1) is 5.92 Å². The second-order valence-corrected chi connectivity index (χ2v) is 3.50. The Kier molecular flexibility index (Phi) is 6.47. The van der Waals surface area contributed by atoms with Crippen LogP contribution in [0.25, 0.3) is 0 Å². The molecule has 0 spiro atoms. The van der Waals surface area contributed by atoms with Gasteiger partial charge in [0.25, 0.3) is 0 Å². The highest BCUT2D eigenvalue weighted by molar-refractivity contribution is 5.45. The minimum Gasteiger partial charge on any atom is -0.411 e. The van der Waals surface area contributed by atoms with Gasteiger partial charge in [0.2, 0.25) is 0 Å². The summed E-state index contributed by atoms with van der Waals surface area (Å²) in [6.07, 6.45) is 7.65. The third-order valence-corrected chi connectivity index (χ3v) is 2.16. The van der Waals surface area contributed by atoms with Gasteiger partial charge in [-0.2, -0.15) is 5.90 Å². The van der Waals surface area contributed by atoms with E-state index in [9.17, 15) is 0 Å². The van der Waals surface area contributed by atoms with E-state index in [-0.39, 0.29) is 0 Å². The Bertz CT molecular complexity index is 296. The lowest BCUT2D eigenvalue weighted by molar-refractivity contribution is 0.231. The molecule has 0 saturated carbocycles. The van der Waals surface area contributed by atoms with Crippen molar-refractivity contribution in [2.45, 2.75) is 27.7 Å². The summed E-state index contributed by atoms with van der Waals surface area (Å²) in [7, 11) is 0. The number of hydrogen-bond acceptors (Lipinski definition) is 2. The number of rotatable bonds is 5. The third-order valence-electron chi connectivity index (χ3n) is 2.16. The summed E-state index contributed by atoms with van der Waals surface area (Å²) in [4.78, 5) is 4.82. The van der Waals surface area contributed by atoms with Crippen molar-refractivity contribution in [2.75, 3.05) is 0 Å². The van der Waals surface area contributed by atoms with Gasteiger partial charge in [-0.1, -0.05) is 38.7 Å². The van der Waals surface area contributed by atoms with Crippen LogP contribution in [0.1, 0.15) is 27.7 Å². The van der Waals surface area contributed by atoms with Crippen molar-refractivity contribution in [3.05, 3.63) is 47.8 Å². The lowest BCUT2D eigenvalue weighted by Gasteiger charge is -2.14. The lowest BCUT2D eigenvalue weighted by Crippen LogP contribution is -2.05. The average Bonchev–Trinajstić information content (AvgIpc) is 2.20. The summed E-state index contributed by atoms with van der Waals surface area (Å²) in [5, 5.41) is 0. The first-order valence-electron chi connectivity index (χ1n) is 5.15. The summed E-state index contributed by atoms with van der Waals surface area (Å²) in [6.45, 7) is 11.9. The Morgan fingerprint density at radius 3 is 2.20 bits per heavy atom. The van der Waals surface area contributed by atoms with Crippen LogP contribution in [0.5, 0.6) is 0 Å². The van der Waals surface area contributed by atoms with Gasteiger partial charge in [-0.3, -0.25) is 0 Å². The van der Waals surface area contributed by atoms with Gasteiger partial charge in [0.1, 0.15) is 0 Å². The second kappa shape index (κ2) is 7.07. The molecule has 84 valence electrons. The van der Waals surface area contributed by atoms with Gasteiger partial charge < -0.3 is 4.84 Å². The first-order valence-corrected chi connectivity index (χ1v) is 5.15. The Labute approximate surface area is 92.8 Å². The summed E-state index contributed by atoms with van der Waals surface area (Å²) in [5.74, 6) is 6.25. The molecular weight excluding hydrogens is 186 g/mol. The van der Waals surface area contributed by atoms with Crippen molar-refractivity contribution < 1.29 is 4.84 Å². The highest BCUT2D eigenvalue weighted by Crippen LogP contribution is 2.24. The summed E-state index contributed by atoms with van der Waals surface area (Å²) >= 11 is 0. The van der Waals surface area contributed by atoms with Crippen molar-refractivity contribution in [3.63, 3.8) is 0 Å². The maximum absolute atomic E-state index is 5.22. The summed E-state index contributed by atoms with van der Waals surface area (Å²) < 4.78 is 0. The fourth-order valence-corrected chi connectivity index (χ4v) is 1.51. The van der Waals surface area contributed by atoms with E-state index in [2.05, 4.69) is 26.5 Å². The molecule has 2 nitrogen and oxygen atoms in total. The quantitative estimate of drug-likeness (QED) is 0.425. The molecular formula is C13H21NO. The average molecular weight is 207 g/mol. The SMILES string of the molecule is C=C/C(ON)=C(\C=C/C)C(=C\C)/C(C)C. The molecule has 0 aliphatic carbocycles. The van der Waals surface area contributed by atoms with E-state index in [1.165, 1.54) is 5.57 Å². The first kappa shape index (κ1) is 13.7. The molecule has 0 aliphatic rings. The van der Waals surface area contributed by atoms with Crippen LogP contribution >= 0.6 is 0 Å². The molecule has 0 radical (unpaired) electrons. The Hall–Kier alpha value is -1.28. The fourth-order valence-electron chi connectivity index (χ4n) is 1.51. The molecule has 0 unspecified atom stereocenters. The van der Waals surface area contributed by atoms with Crippen LogP contribution in [0.2, 0.25) is 0 Å². The van der Waals surface area contributed by atoms with E-state index in [0.29, 0.717) is 11.7 Å². The molecule has 0 rings (SSSR count). The van der Waals surface area contributed by atoms with Gasteiger partial charge >= 0.3 is 0 Å². The zero-order chi connectivity index (χ0) is 11.8. The van der Waals surface area contributed by atoms with Gasteiger partial charge in [-0.05, 0) is 31.4 Å². The van der Waals surface area contributed by atoms with Crippen molar-refractivity contribution >= 4 is 0 Å². The number of nitrogens with two attached hydrogens (primary N) is 1. The second-order valence-electron chi connectivity index (χ2n) is 3.50. The molecule has 0 aromatic carbocycles. The van der Waals surface area contributed by atoms with Crippen LogP contribution in [0.15, 0.2) is 47.8 Å². The molecule has 2 heteroatoms. The Balaban J connectivity index is 5.48. The fraction of sp³-hybridized carbons (Fsp3) is 0.385. The first-order chi connectivity index (χ1) is 7.12. The molecule has 0 aromatic rings. The Morgan fingerprint density at radius 2 is 1.93 bits per heavy atom. The van der Waals surface area contributed by atoms with E-state index in [0.717, 1.165) is 5.57 Å². The molecule has 0 heterocycles. The molecule has 0 aromatic heterocycles. The topological polar surface area (TPSA) is 35.2 Å². The molecule has 0 aliphatic heterocycles. The molecule has 0 fully saturated rings. The molecule has 0 amide bonds. The van der Waals surface area contributed by atoms with Gasteiger partial charge in [0.05, 0.1) is 0 Å². The molecule has 15 heavy (non-hydrogen) atoms. The minimum atomic E-state index is 0.422. The molecule has 0 bridgehead atoms. The van der Waals surface area contributed by atoms with Crippen LogP contribution in [-0.2, 0) is 4.84 Å². The number of allylic oxidation sites excluding steroid dienone is 6. The molecule has 0 saturated heterocycles. The maximum atomic E-state index is 5.22. The van der Waals surface area contributed by atoms with Crippen LogP contribution < -0.4 is 5.90 Å². The predicted molar refractivity (Wildman–Crippen MR) is 65.9 cm³/mol. The van der Waals surface area contributed by atoms with Crippen LogP contribution in [-0.4, -0.2) is 0 Å². The monoisotopic (exact) mass is 207 g/mol. The van der Waals surface area contributed by atoms with Crippen molar-refractivity contribution in [3.8, 4) is 0 Å².